The van der Waals surface area contributed by atoms with Crippen LogP contribution < -0.4 is 5.32 Å². The smallest absolute Gasteiger partial charge is 0.183 e. The highest BCUT2D eigenvalue weighted by Crippen LogP contribution is 2.28. The Labute approximate surface area is 112 Å². The van der Waals surface area contributed by atoms with E-state index in [1.54, 1.807) is 11.8 Å². The Morgan fingerprint density at radius 1 is 1.50 bits per heavy atom. The van der Waals surface area contributed by atoms with Crippen LogP contribution in [0.1, 0.15) is 26.7 Å². The topological polar surface area (TPSA) is 46.0 Å². The number of thioether (sulfide) groups is 1. The second kappa shape index (κ2) is 6.09. The molecule has 4 nitrogen and oxygen atoms in total. The zero-order valence-electron chi connectivity index (χ0n) is 11.1. The van der Waals surface area contributed by atoms with Crippen LogP contribution >= 0.6 is 11.8 Å². The van der Waals surface area contributed by atoms with Gasteiger partial charge in [0.25, 0.3) is 0 Å². The third-order valence-corrected chi connectivity index (χ3v) is 3.90. The Hall–Kier alpha value is -1.23. The zero-order chi connectivity index (χ0) is 13.0. The molecule has 0 aromatic rings. The quantitative estimate of drug-likeness (QED) is 0.853. The molecular weight excluding hydrogens is 246 g/mol. The third kappa shape index (κ3) is 2.96. The van der Waals surface area contributed by atoms with Crippen LogP contribution in [0.2, 0.25) is 0 Å². The van der Waals surface area contributed by atoms with E-state index in [9.17, 15) is 0 Å². The first-order valence-corrected chi connectivity index (χ1v) is 7.21. The summed E-state index contributed by atoms with van der Waals surface area (Å²) in [5.74, 6) is 1.85. The van der Waals surface area contributed by atoms with Crippen molar-refractivity contribution < 1.29 is 4.74 Å². The van der Waals surface area contributed by atoms with Crippen molar-refractivity contribution in [3.8, 4) is 0 Å². The van der Waals surface area contributed by atoms with Crippen LogP contribution in [0.4, 0.5) is 0 Å². The molecular formula is C13H19N3OS. The summed E-state index contributed by atoms with van der Waals surface area (Å²) >= 11 is 1.67. The minimum absolute atomic E-state index is 0.0659. The van der Waals surface area contributed by atoms with Crippen LogP contribution in [0, 0.1) is 0 Å². The van der Waals surface area contributed by atoms with Crippen LogP contribution in [0.5, 0.6) is 0 Å². The number of nitrogens with one attached hydrogen (secondary N) is 1. The highest BCUT2D eigenvalue weighted by Gasteiger charge is 2.28. The molecule has 1 N–H and O–H groups in total. The van der Waals surface area contributed by atoms with Gasteiger partial charge >= 0.3 is 0 Å². The van der Waals surface area contributed by atoms with Crippen molar-refractivity contribution in [1.82, 2.24) is 5.32 Å². The van der Waals surface area contributed by atoms with E-state index in [4.69, 9.17) is 4.74 Å². The molecule has 2 heterocycles. The maximum absolute atomic E-state index is 5.94. The molecule has 2 aliphatic rings. The van der Waals surface area contributed by atoms with Gasteiger partial charge in [0, 0.05) is 19.2 Å². The predicted molar refractivity (Wildman–Crippen MR) is 78.0 cm³/mol. The van der Waals surface area contributed by atoms with E-state index in [2.05, 4.69) is 41.5 Å². The van der Waals surface area contributed by atoms with Crippen LogP contribution in [0.15, 0.2) is 33.7 Å². The van der Waals surface area contributed by atoms with Gasteiger partial charge in [0.2, 0.25) is 0 Å². The van der Waals surface area contributed by atoms with Crippen molar-refractivity contribution >= 4 is 22.6 Å². The van der Waals surface area contributed by atoms with Gasteiger partial charge in [-0.2, -0.15) is 5.10 Å². The molecule has 0 aromatic carbocycles. The largest absolute Gasteiger partial charge is 0.484 e. The van der Waals surface area contributed by atoms with Crippen molar-refractivity contribution in [3.63, 3.8) is 0 Å². The summed E-state index contributed by atoms with van der Waals surface area (Å²) in [7, 11) is 1.86. The van der Waals surface area contributed by atoms with E-state index in [0.29, 0.717) is 0 Å². The molecule has 0 fully saturated rings. The molecule has 0 aromatic heterocycles. The number of hydrogen-bond donors (Lipinski definition) is 1. The minimum Gasteiger partial charge on any atom is -0.484 e. The number of allylic oxidation sites excluding steroid dienone is 2. The molecule has 1 atom stereocenters. The Morgan fingerprint density at radius 2 is 2.33 bits per heavy atom. The average molecular weight is 265 g/mol. The summed E-state index contributed by atoms with van der Waals surface area (Å²) in [4.78, 5) is 0. The Balaban J connectivity index is 2.01. The van der Waals surface area contributed by atoms with Gasteiger partial charge in [0.15, 0.2) is 5.17 Å². The van der Waals surface area contributed by atoms with E-state index in [1.807, 2.05) is 7.05 Å². The third-order valence-electron chi connectivity index (χ3n) is 2.90. The molecule has 0 radical (unpaired) electrons. The van der Waals surface area contributed by atoms with Gasteiger partial charge in [-0.15, -0.1) is 5.10 Å². The Kier molecular flexibility index (Phi) is 4.47. The SMILES string of the molecule is CC/C=C\C1=C(C)CC(C2=NN=C(NC)SC2)O1. The Morgan fingerprint density at radius 3 is 2.94 bits per heavy atom. The van der Waals surface area contributed by atoms with Crippen molar-refractivity contribution in [1.29, 1.82) is 0 Å². The molecule has 2 rings (SSSR count). The number of hydrogen-bond acceptors (Lipinski definition) is 5. The molecule has 0 saturated carbocycles. The van der Waals surface area contributed by atoms with E-state index in [1.165, 1.54) is 5.57 Å². The van der Waals surface area contributed by atoms with E-state index in [0.717, 1.165) is 35.2 Å². The second-order valence-corrected chi connectivity index (χ2v) is 5.27. The standard InChI is InChI=1S/C13H19N3OS/c1-4-5-6-11-9(2)7-12(17-11)10-8-18-13(14-3)16-15-10/h5-6,12H,4,7-8H2,1-3H3,(H,14,16)/b6-5-. The van der Waals surface area contributed by atoms with Crippen molar-refractivity contribution in [2.75, 3.05) is 12.8 Å². The normalized spacial score (nSPS) is 24.1. The van der Waals surface area contributed by atoms with Crippen LogP contribution in [-0.2, 0) is 4.74 Å². The summed E-state index contributed by atoms with van der Waals surface area (Å²) in [6, 6.07) is 0. The Bertz CT molecular complexity index is 438. The molecule has 0 bridgehead atoms. The molecule has 1 unspecified atom stereocenters. The minimum atomic E-state index is 0.0659. The lowest BCUT2D eigenvalue weighted by Crippen LogP contribution is -2.27. The van der Waals surface area contributed by atoms with Gasteiger partial charge in [-0.25, -0.2) is 0 Å². The highest BCUT2D eigenvalue weighted by molar-refractivity contribution is 8.14. The lowest BCUT2D eigenvalue weighted by atomic mass is 10.1. The van der Waals surface area contributed by atoms with Gasteiger partial charge in [0.05, 0.1) is 5.71 Å². The predicted octanol–water partition coefficient (Wildman–Crippen LogP) is 2.69. The lowest BCUT2D eigenvalue weighted by Gasteiger charge is -2.17. The second-order valence-electron chi connectivity index (χ2n) is 4.30. The maximum Gasteiger partial charge on any atom is 0.183 e. The highest BCUT2D eigenvalue weighted by atomic mass is 32.2. The fraction of sp³-hybridized carbons (Fsp3) is 0.538. The zero-order valence-corrected chi connectivity index (χ0v) is 11.9. The summed E-state index contributed by atoms with van der Waals surface area (Å²) in [5.41, 5.74) is 2.32. The van der Waals surface area contributed by atoms with Gasteiger partial charge in [-0.05, 0) is 25.0 Å². The first-order chi connectivity index (χ1) is 8.74. The number of ether oxygens (including phenoxy) is 1. The van der Waals surface area contributed by atoms with Crippen molar-refractivity contribution in [3.05, 3.63) is 23.5 Å². The fourth-order valence-corrected chi connectivity index (χ4v) is 2.63. The van der Waals surface area contributed by atoms with E-state index in [-0.39, 0.29) is 6.10 Å². The van der Waals surface area contributed by atoms with Crippen LogP contribution in [-0.4, -0.2) is 29.8 Å². The first-order valence-electron chi connectivity index (χ1n) is 6.22. The molecule has 0 saturated heterocycles. The van der Waals surface area contributed by atoms with Gasteiger partial charge in [0.1, 0.15) is 11.9 Å². The molecule has 0 spiro atoms. The molecule has 5 heteroatoms. The summed E-state index contributed by atoms with van der Waals surface area (Å²) in [6.45, 7) is 4.24. The molecule has 0 amide bonds. The molecule has 18 heavy (non-hydrogen) atoms. The van der Waals surface area contributed by atoms with Crippen LogP contribution in [0.25, 0.3) is 0 Å². The molecule has 0 aliphatic carbocycles. The summed E-state index contributed by atoms with van der Waals surface area (Å²) in [5, 5.41) is 12.3. The van der Waals surface area contributed by atoms with Gasteiger partial charge < -0.3 is 10.1 Å². The molecule has 98 valence electrons. The molecule has 2 aliphatic heterocycles. The lowest BCUT2D eigenvalue weighted by molar-refractivity contribution is 0.208. The monoisotopic (exact) mass is 265 g/mol. The number of nitrogens with zero attached hydrogens (tertiary/aromatic N) is 2. The number of amidine groups is 1. The fourth-order valence-electron chi connectivity index (χ4n) is 1.86. The summed E-state index contributed by atoms with van der Waals surface area (Å²) < 4.78 is 5.94. The van der Waals surface area contributed by atoms with Crippen molar-refractivity contribution in [2.45, 2.75) is 32.8 Å². The first kappa shape index (κ1) is 13.2. The van der Waals surface area contributed by atoms with Crippen LogP contribution in [0.3, 0.4) is 0 Å². The number of rotatable bonds is 3. The van der Waals surface area contributed by atoms with E-state index >= 15 is 0 Å². The van der Waals surface area contributed by atoms with E-state index < -0.39 is 0 Å². The summed E-state index contributed by atoms with van der Waals surface area (Å²) in [6.07, 6.45) is 6.20. The van der Waals surface area contributed by atoms with Crippen molar-refractivity contribution in [2.24, 2.45) is 10.2 Å². The van der Waals surface area contributed by atoms with Gasteiger partial charge in [-0.3, -0.25) is 0 Å². The van der Waals surface area contributed by atoms with Gasteiger partial charge in [-0.1, -0.05) is 24.8 Å². The average Bonchev–Trinajstić information content (AvgIpc) is 2.78. The maximum atomic E-state index is 5.94.